The summed E-state index contributed by atoms with van der Waals surface area (Å²) in [6.45, 7) is 2.32. The first-order valence-corrected chi connectivity index (χ1v) is 6.70. The van der Waals surface area contributed by atoms with Crippen molar-refractivity contribution in [3.63, 3.8) is 0 Å². The number of benzene rings is 1. The summed E-state index contributed by atoms with van der Waals surface area (Å²) < 4.78 is 0. The van der Waals surface area contributed by atoms with Crippen molar-refractivity contribution >= 4 is 12.0 Å². The van der Waals surface area contributed by atoms with Crippen LogP contribution in [0.25, 0.3) is 0 Å². The Kier molecular flexibility index (Phi) is 2.87. The van der Waals surface area contributed by atoms with Crippen LogP contribution >= 0.6 is 0 Å². The van der Waals surface area contributed by atoms with Gasteiger partial charge in [0.2, 0.25) is 0 Å². The molecule has 1 aromatic carbocycles. The zero-order chi connectivity index (χ0) is 11.7. The van der Waals surface area contributed by atoms with Crippen molar-refractivity contribution in [2.45, 2.75) is 32.1 Å². The lowest BCUT2D eigenvalue weighted by molar-refractivity contribution is 0.112. The second-order valence-corrected chi connectivity index (χ2v) is 5.35. The highest BCUT2D eigenvalue weighted by Gasteiger charge is 2.24. The number of hydrogen-bond acceptors (Lipinski definition) is 2. The SMILES string of the molecule is O=Cc1ccc2c(c1)N(CC1CCCC1)CC2. The second-order valence-electron chi connectivity index (χ2n) is 5.35. The number of carbonyl (C=O) groups is 1. The molecule has 0 atom stereocenters. The Morgan fingerprint density at radius 2 is 2.12 bits per heavy atom. The van der Waals surface area contributed by atoms with E-state index in [1.807, 2.05) is 6.07 Å². The number of anilines is 1. The van der Waals surface area contributed by atoms with Gasteiger partial charge in [0.05, 0.1) is 0 Å². The molecule has 0 bridgehead atoms. The Hall–Kier alpha value is -1.31. The van der Waals surface area contributed by atoms with Crippen molar-refractivity contribution < 1.29 is 4.79 Å². The zero-order valence-electron chi connectivity index (χ0n) is 10.2. The molecule has 2 heteroatoms. The van der Waals surface area contributed by atoms with Crippen molar-refractivity contribution in [1.29, 1.82) is 0 Å². The summed E-state index contributed by atoms with van der Waals surface area (Å²) in [5.41, 5.74) is 3.53. The molecule has 0 N–H and O–H groups in total. The van der Waals surface area contributed by atoms with E-state index < -0.39 is 0 Å². The summed E-state index contributed by atoms with van der Waals surface area (Å²) in [5, 5.41) is 0. The Labute approximate surface area is 103 Å². The highest BCUT2D eigenvalue weighted by atomic mass is 16.1. The summed E-state index contributed by atoms with van der Waals surface area (Å²) in [7, 11) is 0. The Bertz CT molecular complexity index is 421. The average molecular weight is 229 g/mol. The highest BCUT2D eigenvalue weighted by molar-refractivity contribution is 5.78. The van der Waals surface area contributed by atoms with Crippen LogP contribution in [0.15, 0.2) is 18.2 Å². The number of carbonyl (C=O) groups excluding carboxylic acids is 1. The molecule has 1 aliphatic carbocycles. The van der Waals surface area contributed by atoms with Crippen LogP contribution in [0, 0.1) is 5.92 Å². The largest absolute Gasteiger partial charge is 0.371 e. The molecule has 0 unspecified atom stereocenters. The van der Waals surface area contributed by atoms with E-state index in [1.54, 1.807) is 0 Å². The minimum Gasteiger partial charge on any atom is -0.371 e. The van der Waals surface area contributed by atoms with Gasteiger partial charge in [0, 0.05) is 24.3 Å². The Balaban J connectivity index is 1.79. The highest BCUT2D eigenvalue weighted by Crippen LogP contribution is 2.32. The first kappa shape index (κ1) is 10.8. The lowest BCUT2D eigenvalue weighted by atomic mass is 10.1. The molecule has 1 aromatic rings. The molecule has 2 nitrogen and oxygen atoms in total. The lowest BCUT2D eigenvalue weighted by Crippen LogP contribution is -2.26. The van der Waals surface area contributed by atoms with E-state index in [9.17, 15) is 4.79 Å². The number of aldehydes is 1. The van der Waals surface area contributed by atoms with Crippen LogP contribution < -0.4 is 4.90 Å². The first-order chi connectivity index (χ1) is 8.36. The van der Waals surface area contributed by atoms with Gasteiger partial charge in [-0.15, -0.1) is 0 Å². The van der Waals surface area contributed by atoms with Gasteiger partial charge in [-0.3, -0.25) is 4.79 Å². The molecule has 0 radical (unpaired) electrons. The van der Waals surface area contributed by atoms with Gasteiger partial charge in [-0.25, -0.2) is 0 Å². The quantitative estimate of drug-likeness (QED) is 0.742. The third kappa shape index (κ3) is 2.08. The van der Waals surface area contributed by atoms with E-state index >= 15 is 0 Å². The van der Waals surface area contributed by atoms with Gasteiger partial charge in [-0.2, -0.15) is 0 Å². The van der Waals surface area contributed by atoms with E-state index in [-0.39, 0.29) is 0 Å². The standard InChI is InChI=1S/C15H19NO/c17-11-13-5-6-14-7-8-16(15(14)9-13)10-12-3-1-2-4-12/h5-6,9,11-12H,1-4,7-8,10H2. The predicted molar refractivity (Wildman–Crippen MR) is 69.7 cm³/mol. The molecular formula is C15H19NO. The molecule has 1 heterocycles. The van der Waals surface area contributed by atoms with Gasteiger partial charge in [0.15, 0.2) is 0 Å². The normalized spacial score (nSPS) is 19.6. The maximum atomic E-state index is 10.8. The van der Waals surface area contributed by atoms with Crippen molar-refractivity contribution in [1.82, 2.24) is 0 Å². The molecule has 1 saturated carbocycles. The fourth-order valence-electron chi connectivity index (χ4n) is 3.23. The second kappa shape index (κ2) is 4.52. The van der Waals surface area contributed by atoms with Crippen LogP contribution in [0.4, 0.5) is 5.69 Å². The maximum Gasteiger partial charge on any atom is 0.150 e. The van der Waals surface area contributed by atoms with Crippen molar-refractivity contribution in [3.8, 4) is 0 Å². The smallest absolute Gasteiger partial charge is 0.150 e. The molecule has 3 rings (SSSR count). The Morgan fingerprint density at radius 1 is 1.29 bits per heavy atom. The fourth-order valence-corrected chi connectivity index (χ4v) is 3.23. The number of nitrogens with zero attached hydrogens (tertiary/aromatic N) is 1. The average Bonchev–Trinajstić information content (AvgIpc) is 2.99. The first-order valence-electron chi connectivity index (χ1n) is 6.70. The van der Waals surface area contributed by atoms with Crippen LogP contribution in [-0.4, -0.2) is 19.4 Å². The van der Waals surface area contributed by atoms with Gasteiger partial charge < -0.3 is 4.90 Å². The summed E-state index contributed by atoms with van der Waals surface area (Å²) in [4.78, 5) is 13.3. The molecule has 0 spiro atoms. The minimum atomic E-state index is 0.807. The van der Waals surface area contributed by atoms with E-state index in [4.69, 9.17) is 0 Å². The lowest BCUT2D eigenvalue weighted by Gasteiger charge is -2.23. The third-order valence-electron chi connectivity index (χ3n) is 4.19. The van der Waals surface area contributed by atoms with Gasteiger partial charge in [0.25, 0.3) is 0 Å². The molecule has 90 valence electrons. The van der Waals surface area contributed by atoms with Gasteiger partial charge in [0.1, 0.15) is 6.29 Å². The predicted octanol–water partition coefficient (Wildman–Crippen LogP) is 3.05. The van der Waals surface area contributed by atoms with Crippen LogP contribution in [0.3, 0.4) is 0 Å². The molecule has 17 heavy (non-hydrogen) atoms. The van der Waals surface area contributed by atoms with E-state index in [0.717, 1.165) is 30.7 Å². The maximum absolute atomic E-state index is 10.8. The molecule has 0 saturated heterocycles. The number of rotatable bonds is 3. The molecule has 0 aromatic heterocycles. The third-order valence-corrected chi connectivity index (χ3v) is 4.19. The molecule has 0 amide bonds. The number of fused-ring (bicyclic) bond motifs is 1. The summed E-state index contributed by atoms with van der Waals surface area (Å²) >= 11 is 0. The van der Waals surface area contributed by atoms with E-state index in [1.165, 1.54) is 43.5 Å². The van der Waals surface area contributed by atoms with Gasteiger partial charge >= 0.3 is 0 Å². The van der Waals surface area contributed by atoms with Crippen molar-refractivity contribution in [3.05, 3.63) is 29.3 Å². The number of hydrogen-bond donors (Lipinski definition) is 0. The fraction of sp³-hybridized carbons (Fsp3) is 0.533. The van der Waals surface area contributed by atoms with Crippen molar-refractivity contribution in [2.24, 2.45) is 5.92 Å². The molecule has 2 aliphatic rings. The molecular weight excluding hydrogens is 210 g/mol. The summed E-state index contributed by atoms with van der Waals surface area (Å²) in [6.07, 6.45) is 7.67. The Morgan fingerprint density at radius 3 is 2.88 bits per heavy atom. The van der Waals surface area contributed by atoms with Gasteiger partial charge in [-0.1, -0.05) is 25.0 Å². The van der Waals surface area contributed by atoms with Crippen molar-refractivity contribution in [2.75, 3.05) is 18.0 Å². The van der Waals surface area contributed by atoms with E-state index in [0.29, 0.717) is 0 Å². The van der Waals surface area contributed by atoms with E-state index in [2.05, 4.69) is 17.0 Å². The van der Waals surface area contributed by atoms with Crippen LogP contribution in [-0.2, 0) is 6.42 Å². The van der Waals surface area contributed by atoms with Crippen LogP contribution in [0.1, 0.15) is 41.6 Å². The molecule has 1 fully saturated rings. The molecule has 1 aliphatic heterocycles. The minimum absolute atomic E-state index is 0.807. The topological polar surface area (TPSA) is 20.3 Å². The summed E-state index contributed by atoms with van der Waals surface area (Å²) in [5.74, 6) is 0.876. The van der Waals surface area contributed by atoms with Crippen LogP contribution in [0.5, 0.6) is 0 Å². The summed E-state index contributed by atoms with van der Waals surface area (Å²) in [6, 6.07) is 6.11. The van der Waals surface area contributed by atoms with Gasteiger partial charge in [-0.05, 0) is 36.8 Å². The monoisotopic (exact) mass is 229 g/mol. The van der Waals surface area contributed by atoms with Crippen LogP contribution in [0.2, 0.25) is 0 Å². The zero-order valence-corrected chi connectivity index (χ0v) is 10.2.